The van der Waals surface area contributed by atoms with Gasteiger partial charge in [0.05, 0.1) is 27.8 Å². The van der Waals surface area contributed by atoms with Crippen LogP contribution in [0.25, 0.3) is 101 Å². The Morgan fingerprint density at radius 3 is 1.29 bits per heavy atom. The number of aromatic nitrogens is 6. The van der Waals surface area contributed by atoms with Crippen molar-refractivity contribution in [3.63, 3.8) is 0 Å². The molecule has 0 aliphatic rings. The number of pyridine rings is 1. The number of hydrogen-bond acceptors (Lipinski definition) is 4. The second-order valence-corrected chi connectivity index (χ2v) is 13.9. The summed E-state index contributed by atoms with van der Waals surface area (Å²) in [7, 11) is 0. The summed E-state index contributed by atoms with van der Waals surface area (Å²) in [5.74, 6) is 2.81. The summed E-state index contributed by atoms with van der Waals surface area (Å²) in [4.78, 5) is 20.0. The molecule has 11 rings (SSSR count). The smallest absolute Gasteiger partial charge is 0.164 e. The van der Waals surface area contributed by atoms with Gasteiger partial charge < -0.3 is 4.57 Å². The summed E-state index contributed by atoms with van der Waals surface area (Å²) in [5.41, 5.74) is 10.4. The third kappa shape index (κ3) is 5.19. The van der Waals surface area contributed by atoms with Crippen LogP contribution < -0.4 is 0 Å². The van der Waals surface area contributed by atoms with E-state index in [4.69, 9.17) is 19.9 Å². The number of fused-ring (bicyclic) bond motifs is 7. The maximum atomic E-state index is 5.20. The highest BCUT2D eigenvalue weighted by molar-refractivity contribution is 6.28. The third-order valence-electron chi connectivity index (χ3n) is 10.6. The predicted molar refractivity (Wildman–Crippen MR) is 228 cm³/mol. The molecule has 0 fully saturated rings. The second kappa shape index (κ2) is 13.0. The van der Waals surface area contributed by atoms with E-state index in [-0.39, 0.29) is 0 Å². The highest BCUT2D eigenvalue weighted by Crippen LogP contribution is 2.42. The van der Waals surface area contributed by atoms with Crippen LogP contribution in [0.15, 0.2) is 194 Å². The Bertz CT molecular complexity index is 3160. The average molecular weight is 717 g/mol. The zero-order chi connectivity index (χ0) is 37.0. The minimum atomic E-state index is 0.630. The van der Waals surface area contributed by atoms with Crippen LogP contribution in [0.1, 0.15) is 0 Å². The van der Waals surface area contributed by atoms with Gasteiger partial charge in [0.15, 0.2) is 17.5 Å². The van der Waals surface area contributed by atoms with Crippen molar-refractivity contribution >= 4 is 43.6 Å². The lowest BCUT2D eigenvalue weighted by molar-refractivity contribution is 1.07. The van der Waals surface area contributed by atoms with E-state index in [9.17, 15) is 0 Å². The Labute approximate surface area is 322 Å². The number of nitrogens with zero attached hydrogens (tertiary/aromatic N) is 6. The summed E-state index contributed by atoms with van der Waals surface area (Å²) in [5, 5.41) is 4.82. The molecule has 0 saturated carbocycles. The third-order valence-corrected chi connectivity index (χ3v) is 10.6. The minimum Gasteiger partial charge on any atom is -0.309 e. The summed E-state index contributed by atoms with van der Waals surface area (Å²) in [6.45, 7) is 0. The molecule has 4 aromatic heterocycles. The van der Waals surface area contributed by atoms with Crippen LogP contribution >= 0.6 is 0 Å². The van der Waals surface area contributed by atoms with Gasteiger partial charge in [0.1, 0.15) is 5.82 Å². The zero-order valence-corrected chi connectivity index (χ0v) is 30.2. The Morgan fingerprint density at radius 2 is 0.732 bits per heavy atom. The number of rotatable bonds is 6. The fourth-order valence-electron chi connectivity index (χ4n) is 8.06. The maximum absolute atomic E-state index is 5.20. The molecule has 56 heavy (non-hydrogen) atoms. The van der Waals surface area contributed by atoms with Crippen molar-refractivity contribution in [1.82, 2.24) is 29.1 Å². The highest BCUT2D eigenvalue weighted by atomic mass is 15.1. The lowest BCUT2D eigenvalue weighted by atomic mass is 10.1. The quantitative estimate of drug-likeness (QED) is 0.172. The van der Waals surface area contributed by atoms with Crippen LogP contribution in [0, 0.1) is 0 Å². The van der Waals surface area contributed by atoms with Gasteiger partial charge in [0.2, 0.25) is 0 Å². The molecule has 6 nitrogen and oxygen atoms in total. The van der Waals surface area contributed by atoms with Crippen molar-refractivity contribution in [3.05, 3.63) is 194 Å². The minimum absolute atomic E-state index is 0.630. The molecule has 0 aliphatic carbocycles. The molecule has 7 aromatic carbocycles. The molecule has 0 saturated heterocycles. The Balaban J connectivity index is 1.08. The van der Waals surface area contributed by atoms with Gasteiger partial charge in [-0.2, -0.15) is 0 Å². The highest BCUT2D eigenvalue weighted by Gasteiger charge is 2.21. The van der Waals surface area contributed by atoms with Gasteiger partial charge in [-0.25, -0.2) is 19.9 Å². The number of benzene rings is 7. The SMILES string of the molecule is c1ccc(-c2cccc(-n3c4ccccc4c4c5c6ccccc6n(-c6ccc(-c7nc(-c8ccccc8)nc(-c8ccccc8)n7)cc6)c5ccc43)n2)cc1. The lowest BCUT2D eigenvalue weighted by Crippen LogP contribution is -2.00. The van der Waals surface area contributed by atoms with Crippen molar-refractivity contribution in [1.29, 1.82) is 0 Å². The lowest BCUT2D eigenvalue weighted by Gasteiger charge is -2.11. The van der Waals surface area contributed by atoms with E-state index in [2.05, 4.69) is 137 Å². The van der Waals surface area contributed by atoms with Crippen LogP contribution in [0.2, 0.25) is 0 Å². The summed E-state index contributed by atoms with van der Waals surface area (Å²) in [6, 6.07) is 67.3. The summed E-state index contributed by atoms with van der Waals surface area (Å²) >= 11 is 0. The first-order valence-corrected chi connectivity index (χ1v) is 18.7. The molecule has 4 heterocycles. The van der Waals surface area contributed by atoms with Crippen molar-refractivity contribution in [2.75, 3.05) is 0 Å². The molecule has 262 valence electrons. The normalized spacial score (nSPS) is 11.6. The van der Waals surface area contributed by atoms with Crippen LogP contribution in [0.5, 0.6) is 0 Å². The summed E-state index contributed by atoms with van der Waals surface area (Å²) in [6.07, 6.45) is 0. The van der Waals surface area contributed by atoms with Crippen LogP contribution in [0.4, 0.5) is 0 Å². The van der Waals surface area contributed by atoms with E-state index in [0.717, 1.165) is 61.5 Å². The van der Waals surface area contributed by atoms with Crippen LogP contribution in [0.3, 0.4) is 0 Å². The predicted octanol–water partition coefficient (Wildman–Crippen LogP) is 12.1. The Kier molecular flexibility index (Phi) is 7.38. The fourth-order valence-corrected chi connectivity index (χ4v) is 8.06. The van der Waals surface area contributed by atoms with Gasteiger partial charge in [0.25, 0.3) is 0 Å². The Morgan fingerprint density at radius 1 is 0.286 bits per heavy atom. The molecule has 0 spiro atoms. The Hall–Kier alpha value is -7.70. The van der Waals surface area contributed by atoms with Crippen molar-refractivity contribution in [3.8, 4) is 56.9 Å². The van der Waals surface area contributed by atoms with E-state index in [1.54, 1.807) is 0 Å². The average Bonchev–Trinajstić information content (AvgIpc) is 3.80. The van der Waals surface area contributed by atoms with Crippen LogP contribution in [-0.2, 0) is 0 Å². The molecule has 0 unspecified atom stereocenters. The van der Waals surface area contributed by atoms with Gasteiger partial charge >= 0.3 is 0 Å². The van der Waals surface area contributed by atoms with Gasteiger partial charge in [-0.15, -0.1) is 0 Å². The molecule has 0 radical (unpaired) electrons. The second-order valence-electron chi connectivity index (χ2n) is 13.9. The van der Waals surface area contributed by atoms with Crippen molar-refractivity contribution < 1.29 is 0 Å². The first-order chi connectivity index (χ1) is 27.8. The van der Waals surface area contributed by atoms with E-state index >= 15 is 0 Å². The first kappa shape index (κ1) is 31.8. The van der Waals surface area contributed by atoms with E-state index in [0.29, 0.717) is 17.5 Å². The van der Waals surface area contributed by atoms with E-state index in [1.165, 1.54) is 21.5 Å². The number of para-hydroxylation sites is 2. The van der Waals surface area contributed by atoms with Gasteiger partial charge in [-0.1, -0.05) is 133 Å². The number of hydrogen-bond donors (Lipinski definition) is 0. The molecular formula is C50H32N6. The monoisotopic (exact) mass is 716 g/mol. The standard InChI is InChI=1S/C50H32N6/c1-4-15-33(16-5-1)40-23-14-26-45(51-40)56-42-25-13-11-22-39(42)47-44(56)32-31-43-46(47)38-21-10-12-24-41(38)55(43)37-29-27-36(28-30-37)50-53-48(34-17-6-2-7-18-34)52-49(54-50)35-19-8-3-9-20-35/h1-32H. The maximum Gasteiger partial charge on any atom is 0.164 e. The molecule has 0 aliphatic heterocycles. The molecule has 11 aromatic rings. The zero-order valence-electron chi connectivity index (χ0n) is 30.2. The molecule has 0 N–H and O–H groups in total. The summed E-state index contributed by atoms with van der Waals surface area (Å²) < 4.78 is 4.67. The molecule has 6 heteroatoms. The van der Waals surface area contributed by atoms with Gasteiger partial charge in [-0.3, -0.25) is 4.57 Å². The first-order valence-electron chi connectivity index (χ1n) is 18.7. The van der Waals surface area contributed by atoms with Gasteiger partial charge in [0, 0.05) is 49.5 Å². The molecule has 0 bridgehead atoms. The van der Waals surface area contributed by atoms with E-state index in [1.807, 2.05) is 66.7 Å². The molecule has 0 atom stereocenters. The van der Waals surface area contributed by atoms with Gasteiger partial charge in [-0.05, 0) is 60.7 Å². The van der Waals surface area contributed by atoms with E-state index < -0.39 is 0 Å². The fraction of sp³-hybridized carbons (Fsp3) is 0. The van der Waals surface area contributed by atoms with Crippen LogP contribution in [-0.4, -0.2) is 29.1 Å². The molecular weight excluding hydrogens is 685 g/mol. The van der Waals surface area contributed by atoms with Crippen molar-refractivity contribution in [2.45, 2.75) is 0 Å². The topological polar surface area (TPSA) is 61.4 Å². The largest absolute Gasteiger partial charge is 0.309 e. The van der Waals surface area contributed by atoms with Crippen molar-refractivity contribution in [2.24, 2.45) is 0 Å². The molecule has 0 amide bonds.